The fraction of sp³-hybridized carbons (Fsp3) is 0.467. The Morgan fingerprint density at radius 2 is 2.29 bits per heavy atom. The molecule has 3 rings (SSSR count). The Morgan fingerprint density at radius 3 is 2.95 bits per heavy atom. The molecule has 1 aliphatic rings. The van der Waals surface area contributed by atoms with Gasteiger partial charge in [0.2, 0.25) is 0 Å². The van der Waals surface area contributed by atoms with E-state index in [-0.39, 0.29) is 12.6 Å². The van der Waals surface area contributed by atoms with Crippen molar-refractivity contribution in [2.75, 3.05) is 0 Å². The van der Waals surface area contributed by atoms with E-state index in [1.165, 1.54) is 0 Å². The molecule has 6 heteroatoms. The summed E-state index contributed by atoms with van der Waals surface area (Å²) in [6, 6.07) is 5.79. The number of hydrogen-bond acceptors (Lipinski definition) is 5. The van der Waals surface area contributed by atoms with Gasteiger partial charge in [-0.05, 0) is 43.9 Å². The molecule has 5 nitrogen and oxygen atoms in total. The zero-order chi connectivity index (χ0) is 14.8. The monoisotopic (exact) mass is 307 g/mol. The number of rotatable bonds is 6. The lowest BCUT2D eigenvalue weighted by atomic mass is 10.1. The van der Waals surface area contributed by atoms with Gasteiger partial charge in [0.1, 0.15) is 5.75 Å². The van der Waals surface area contributed by atoms with E-state index in [4.69, 9.17) is 26.6 Å². The highest BCUT2D eigenvalue weighted by molar-refractivity contribution is 6.32. The molecule has 112 valence electrons. The third-order valence-corrected chi connectivity index (χ3v) is 3.63. The molecule has 0 bridgehead atoms. The second kappa shape index (κ2) is 6.03. The van der Waals surface area contributed by atoms with Gasteiger partial charge in [-0.3, -0.25) is 0 Å². The highest BCUT2D eigenvalue weighted by atomic mass is 35.5. The van der Waals surface area contributed by atoms with Gasteiger partial charge in [-0.15, -0.1) is 0 Å². The first-order valence-electron chi connectivity index (χ1n) is 7.11. The van der Waals surface area contributed by atoms with Crippen LogP contribution < -0.4 is 10.5 Å². The summed E-state index contributed by atoms with van der Waals surface area (Å²) in [5, 5.41) is 4.51. The molecule has 0 radical (unpaired) electrons. The van der Waals surface area contributed by atoms with Crippen molar-refractivity contribution < 1.29 is 9.26 Å². The number of nitrogens with two attached hydrogens (primary N) is 1. The van der Waals surface area contributed by atoms with Crippen LogP contribution >= 0.6 is 11.6 Å². The largest absolute Gasteiger partial charge is 0.482 e. The van der Waals surface area contributed by atoms with Crippen LogP contribution in [0.25, 0.3) is 0 Å². The van der Waals surface area contributed by atoms with Crippen LogP contribution in [-0.4, -0.2) is 16.2 Å². The molecule has 1 aromatic carbocycles. The molecule has 0 saturated heterocycles. The van der Waals surface area contributed by atoms with Crippen molar-refractivity contribution in [2.45, 2.75) is 44.8 Å². The van der Waals surface area contributed by atoms with E-state index >= 15 is 0 Å². The third-order valence-electron chi connectivity index (χ3n) is 3.33. The first-order valence-corrected chi connectivity index (χ1v) is 7.49. The summed E-state index contributed by atoms with van der Waals surface area (Å²) in [5.74, 6) is 2.35. The molecular formula is C15H18ClN3O2. The Balaban J connectivity index is 1.61. The van der Waals surface area contributed by atoms with Crippen LogP contribution in [-0.2, 0) is 13.0 Å². The minimum absolute atomic E-state index is 0.104. The van der Waals surface area contributed by atoms with E-state index in [0.29, 0.717) is 22.6 Å². The van der Waals surface area contributed by atoms with E-state index in [2.05, 4.69) is 10.1 Å². The lowest BCUT2D eigenvalue weighted by molar-refractivity contribution is 0.242. The molecular weight excluding hydrogens is 290 g/mol. The summed E-state index contributed by atoms with van der Waals surface area (Å²) in [7, 11) is 0. The molecule has 1 heterocycles. The first kappa shape index (κ1) is 14.4. The van der Waals surface area contributed by atoms with Gasteiger partial charge in [-0.1, -0.05) is 22.8 Å². The summed E-state index contributed by atoms with van der Waals surface area (Å²) in [6.45, 7) is 2.19. The van der Waals surface area contributed by atoms with E-state index in [9.17, 15) is 0 Å². The first-order chi connectivity index (χ1) is 10.1. The maximum Gasteiger partial charge on any atom is 0.264 e. The van der Waals surface area contributed by atoms with Crippen molar-refractivity contribution in [1.82, 2.24) is 10.1 Å². The molecule has 2 N–H and O–H groups in total. The topological polar surface area (TPSA) is 74.2 Å². The molecule has 21 heavy (non-hydrogen) atoms. The van der Waals surface area contributed by atoms with Crippen LogP contribution in [0.4, 0.5) is 0 Å². The van der Waals surface area contributed by atoms with Gasteiger partial charge in [-0.2, -0.15) is 4.98 Å². The van der Waals surface area contributed by atoms with Crippen LogP contribution in [0.1, 0.15) is 43.0 Å². The normalized spacial score (nSPS) is 16.0. The average molecular weight is 308 g/mol. The van der Waals surface area contributed by atoms with Crippen molar-refractivity contribution in [3.63, 3.8) is 0 Å². The molecule has 1 unspecified atom stereocenters. The van der Waals surface area contributed by atoms with E-state index in [1.54, 1.807) is 0 Å². The zero-order valence-corrected chi connectivity index (χ0v) is 12.6. The maximum absolute atomic E-state index is 6.21. The van der Waals surface area contributed by atoms with Crippen LogP contribution in [0.3, 0.4) is 0 Å². The van der Waals surface area contributed by atoms with Crippen LogP contribution in [0.5, 0.6) is 5.75 Å². The van der Waals surface area contributed by atoms with Crippen LogP contribution in [0.15, 0.2) is 22.7 Å². The molecule has 1 atom stereocenters. The van der Waals surface area contributed by atoms with Gasteiger partial charge in [0.25, 0.3) is 5.89 Å². The van der Waals surface area contributed by atoms with Crippen molar-refractivity contribution in [1.29, 1.82) is 0 Å². The van der Waals surface area contributed by atoms with Crippen LogP contribution in [0.2, 0.25) is 5.02 Å². The maximum atomic E-state index is 6.21. The van der Waals surface area contributed by atoms with Gasteiger partial charge in [0.05, 0.1) is 5.02 Å². The van der Waals surface area contributed by atoms with Gasteiger partial charge in [-0.25, -0.2) is 0 Å². The lowest BCUT2D eigenvalue weighted by Crippen LogP contribution is -2.17. The summed E-state index contributed by atoms with van der Waals surface area (Å²) in [6.07, 6.45) is 3.08. The quantitative estimate of drug-likeness (QED) is 0.887. The summed E-state index contributed by atoms with van der Waals surface area (Å²) in [4.78, 5) is 4.31. The molecule has 1 aliphatic carbocycles. The summed E-state index contributed by atoms with van der Waals surface area (Å²) >= 11 is 6.21. The predicted molar refractivity (Wildman–Crippen MR) is 79.4 cm³/mol. The van der Waals surface area contributed by atoms with Crippen molar-refractivity contribution in [3.05, 3.63) is 40.5 Å². The molecule has 0 spiro atoms. The fourth-order valence-electron chi connectivity index (χ4n) is 2.13. The summed E-state index contributed by atoms with van der Waals surface area (Å²) in [5.41, 5.74) is 6.87. The average Bonchev–Trinajstić information content (AvgIpc) is 3.17. The smallest absolute Gasteiger partial charge is 0.264 e. The van der Waals surface area contributed by atoms with Crippen molar-refractivity contribution >= 4 is 11.6 Å². The van der Waals surface area contributed by atoms with Gasteiger partial charge in [0.15, 0.2) is 12.4 Å². The minimum atomic E-state index is 0.104. The Morgan fingerprint density at radius 1 is 1.48 bits per heavy atom. The number of nitrogens with zero attached hydrogens (tertiary/aromatic N) is 2. The Bertz CT molecular complexity index is 623. The molecule has 1 fully saturated rings. The van der Waals surface area contributed by atoms with Crippen molar-refractivity contribution in [3.8, 4) is 5.75 Å². The lowest BCUT2D eigenvalue weighted by Gasteiger charge is -2.09. The Hall–Kier alpha value is -1.59. The number of hydrogen-bond donors (Lipinski definition) is 1. The van der Waals surface area contributed by atoms with E-state index < -0.39 is 0 Å². The molecule has 0 amide bonds. The van der Waals surface area contributed by atoms with E-state index in [0.717, 1.165) is 30.7 Å². The van der Waals surface area contributed by atoms with Gasteiger partial charge in [0, 0.05) is 12.0 Å². The van der Waals surface area contributed by atoms with Gasteiger partial charge < -0.3 is 15.0 Å². The van der Waals surface area contributed by atoms with Crippen LogP contribution in [0, 0.1) is 0 Å². The summed E-state index contributed by atoms with van der Waals surface area (Å²) < 4.78 is 10.8. The SMILES string of the molecule is CC(N)Cc1ccc(OCc2nc(C3CC3)no2)c(Cl)c1. The molecule has 2 aromatic rings. The number of ether oxygens (including phenoxy) is 1. The van der Waals surface area contributed by atoms with Crippen molar-refractivity contribution in [2.24, 2.45) is 5.73 Å². The highest BCUT2D eigenvalue weighted by Gasteiger charge is 2.28. The minimum Gasteiger partial charge on any atom is -0.482 e. The number of halogens is 1. The number of aromatic nitrogens is 2. The standard InChI is InChI=1S/C15H18ClN3O2/c1-9(17)6-10-2-5-13(12(16)7-10)20-8-14-18-15(19-21-14)11-3-4-11/h2,5,7,9,11H,3-4,6,8,17H2,1H3. The van der Waals surface area contributed by atoms with E-state index in [1.807, 2.05) is 25.1 Å². The molecule has 1 saturated carbocycles. The second-order valence-corrected chi connectivity index (χ2v) is 5.96. The highest BCUT2D eigenvalue weighted by Crippen LogP contribution is 2.38. The fourth-order valence-corrected chi connectivity index (χ4v) is 2.39. The number of benzene rings is 1. The third kappa shape index (κ3) is 3.74. The molecule has 1 aromatic heterocycles. The predicted octanol–water partition coefficient (Wildman–Crippen LogP) is 3.07. The Kier molecular flexibility index (Phi) is 4.12. The zero-order valence-electron chi connectivity index (χ0n) is 11.9. The Labute approximate surface area is 128 Å². The second-order valence-electron chi connectivity index (χ2n) is 5.56. The van der Waals surface area contributed by atoms with Gasteiger partial charge >= 0.3 is 0 Å². The molecule has 0 aliphatic heterocycles.